The average Bonchev–Trinajstić information content (AvgIpc) is 3.72. The fourth-order valence-corrected chi connectivity index (χ4v) is 33.6. The molecule has 7 heteroatoms. The molecule has 0 amide bonds. The summed E-state index contributed by atoms with van der Waals surface area (Å²) in [7, 11) is -5.96. The fraction of sp³-hybridized carbons (Fsp3) is 0.474. The van der Waals surface area contributed by atoms with Gasteiger partial charge in [-0.1, -0.05) is 91.9 Å². The van der Waals surface area contributed by atoms with Crippen molar-refractivity contribution in [2.45, 2.75) is 115 Å². The first-order valence-electron chi connectivity index (χ1n) is 16.4. The molecule has 0 N–H and O–H groups in total. The molecule has 2 unspecified atom stereocenters. The maximum atomic E-state index is 6.75. The predicted octanol–water partition coefficient (Wildman–Crippen LogP) is 13.1. The van der Waals surface area contributed by atoms with Gasteiger partial charge in [-0.15, -0.1) is 12.8 Å². The predicted molar refractivity (Wildman–Crippen MR) is 211 cm³/mol. The second-order valence-corrected chi connectivity index (χ2v) is 37.8. The normalized spacial score (nSPS) is 15.5. The summed E-state index contributed by atoms with van der Waals surface area (Å²) in [4.78, 5) is 0. The van der Waals surface area contributed by atoms with Gasteiger partial charge in [0.25, 0.3) is 0 Å². The van der Waals surface area contributed by atoms with Crippen LogP contribution in [0.1, 0.15) is 52.4 Å². The van der Waals surface area contributed by atoms with Crippen molar-refractivity contribution in [2.75, 3.05) is 0 Å². The number of rotatable bonds is 10. The van der Waals surface area contributed by atoms with Crippen LogP contribution >= 0.6 is 22.2 Å². The molecule has 45 heavy (non-hydrogen) atoms. The Bertz CT molecular complexity index is 1010. The standard InChI is InChI=1S/2C13H24ClSi2.2C6H5.Zr/c2*1-6-9-13(16(4,5)14)15(2,3)12-10-7-8-11-12;2*1-2-4-6-5-3-1;/h2*7,10,13H,6,8-9H2,1-5H3;2*1-5H;/q4*-1;+4. The van der Waals surface area contributed by atoms with Gasteiger partial charge in [-0.3, -0.25) is 12.2 Å². The van der Waals surface area contributed by atoms with E-state index in [0.717, 1.165) is 23.2 Å². The number of halogens is 2. The molecular weight excluding hydrogens is 731 g/mol. The smallest absolute Gasteiger partial charge is 0.274 e. The first kappa shape index (κ1) is 44.7. The van der Waals surface area contributed by atoms with E-state index in [2.05, 4.69) is 115 Å². The summed E-state index contributed by atoms with van der Waals surface area (Å²) in [5.74, 6) is 0. The largest absolute Gasteiger partial charge is 4.00 e. The van der Waals surface area contributed by atoms with Crippen LogP contribution in [0.25, 0.3) is 0 Å². The molecule has 0 saturated carbocycles. The summed E-state index contributed by atoms with van der Waals surface area (Å²) < 4.78 is 0. The maximum Gasteiger partial charge on any atom is 4.00 e. The summed E-state index contributed by atoms with van der Waals surface area (Å²) in [5, 5.41) is 4.54. The molecule has 2 aliphatic carbocycles. The molecule has 0 aliphatic heterocycles. The quantitative estimate of drug-likeness (QED) is 0.128. The molecule has 0 saturated heterocycles. The summed E-state index contributed by atoms with van der Waals surface area (Å²) in [6, 6.07) is 25.0. The van der Waals surface area contributed by atoms with Crippen molar-refractivity contribution in [2.24, 2.45) is 0 Å². The molecule has 0 spiro atoms. The van der Waals surface area contributed by atoms with Gasteiger partial charge in [-0.2, -0.15) is 107 Å². The molecular formula is C38H58Cl2Si4Zr. The van der Waals surface area contributed by atoms with Gasteiger partial charge in [0, 0.05) is 16.1 Å². The minimum absolute atomic E-state index is 0. The van der Waals surface area contributed by atoms with Gasteiger partial charge < -0.3 is 0 Å². The molecule has 4 rings (SSSR count). The Labute approximate surface area is 311 Å². The molecule has 2 aromatic carbocycles. The van der Waals surface area contributed by atoms with Gasteiger partial charge in [-0.05, 0) is 10.3 Å². The third-order valence-corrected chi connectivity index (χ3v) is 31.3. The number of allylic oxidation sites excluding steroid dienone is 8. The third-order valence-electron chi connectivity index (χ3n) is 8.55. The summed E-state index contributed by atoms with van der Waals surface area (Å²) in [6.07, 6.45) is 23.2. The van der Waals surface area contributed by atoms with Gasteiger partial charge in [0.2, 0.25) is 0 Å². The SMILES string of the molecule is CCCC([Si](C)(C)Cl)[Si](C)(C)C1=[C-]CC=C1.CCCC([Si](C)(C)Cl)[Si](C)(C)C1=[C-]CC=C1.[Zr+4].[c-]1ccccc1.[c-]1ccccc1. The third kappa shape index (κ3) is 16.6. The Hall–Kier alpha value is -0.269. The molecule has 0 aromatic heterocycles. The zero-order chi connectivity index (χ0) is 33.3. The van der Waals surface area contributed by atoms with Crippen LogP contribution in [0.5, 0.6) is 0 Å². The minimum Gasteiger partial charge on any atom is -0.274 e. The summed E-state index contributed by atoms with van der Waals surface area (Å²) in [5.41, 5.74) is 0. The molecule has 2 aromatic rings. The Kier molecular flexibility index (Phi) is 22.2. The van der Waals surface area contributed by atoms with E-state index in [9.17, 15) is 0 Å². The minimum atomic E-state index is -1.57. The van der Waals surface area contributed by atoms with Crippen molar-refractivity contribution in [1.29, 1.82) is 0 Å². The zero-order valence-corrected chi connectivity index (χ0v) is 37.7. The van der Waals surface area contributed by atoms with Gasteiger partial charge >= 0.3 is 26.2 Å². The van der Waals surface area contributed by atoms with E-state index in [0.29, 0.717) is 0 Å². The van der Waals surface area contributed by atoms with Crippen LogP contribution < -0.4 is 0 Å². The second-order valence-electron chi connectivity index (χ2n) is 13.8. The van der Waals surface area contributed by atoms with Crippen molar-refractivity contribution < 1.29 is 26.2 Å². The molecule has 0 heterocycles. The Morgan fingerprint density at radius 3 is 1.04 bits per heavy atom. The van der Waals surface area contributed by atoms with Gasteiger partial charge in [0.05, 0.1) is 0 Å². The van der Waals surface area contributed by atoms with Gasteiger partial charge in [-0.25, -0.2) is 22.5 Å². The Morgan fingerprint density at radius 1 is 0.578 bits per heavy atom. The average molecular weight is 789 g/mol. The summed E-state index contributed by atoms with van der Waals surface area (Å²) >= 11 is 13.5. The van der Waals surface area contributed by atoms with E-state index in [4.69, 9.17) is 22.2 Å². The maximum absolute atomic E-state index is 6.75. The molecule has 244 valence electrons. The molecule has 2 atom stereocenters. The Morgan fingerprint density at radius 2 is 0.889 bits per heavy atom. The van der Waals surface area contributed by atoms with E-state index in [-0.39, 0.29) is 26.2 Å². The van der Waals surface area contributed by atoms with E-state index in [1.54, 1.807) is 0 Å². The molecule has 0 fully saturated rings. The van der Waals surface area contributed by atoms with Crippen LogP contribution in [0.3, 0.4) is 0 Å². The van der Waals surface area contributed by atoms with Crippen molar-refractivity contribution in [3.63, 3.8) is 0 Å². The second kappa shape index (κ2) is 22.4. The van der Waals surface area contributed by atoms with Gasteiger partial charge in [0.1, 0.15) is 0 Å². The van der Waals surface area contributed by atoms with Crippen LogP contribution in [0.4, 0.5) is 0 Å². The summed E-state index contributed by atoms with van der Waals surface area (Å²) in [6.45, 7) is 23.7. The van der Waals surface area contributed by atoms with E-state index in [1.807, 2.05) is 60.7 Å². The fourth-order valence-electron chi connectivity index (χ4n) is 6.46. The first-order valence-corrected chi connectivity index (χ1v) is 30.7. The van der Waals surface area contributed by atoms with Crippen molar-refractivity contribution >= 4 is 53.1 Å². The number of hydrogen-bond acceptors (Lipinski definition) is 0. The molecule has 0 radical (unpaired) electrons. The van der Waals surface area contributed by atoms with Crippen LogP contribution in [0.2, 0.25) is 62.7 Å². The van der Waals surface area contributed by atoms with Crippen molar-refractivity contribution in [3.8, 4) is 0 Å². The van der Waals surface area contributed by atoms with Crippen LogP contribution in [-0.2, 0) is 26.2 Å². The topological polar surface area (TPSA) is 0 Å². The first-order chi connectivity index (χ1) is 20.6. The van der Waals surface area contributed by atoms with Crippen LogP contribution in [0, 0.1) is 24.3 Å². The van der Waals surface area contributed by atoms with Crippen molar-refractivity contribution in [1.82, 2.24) is 0 Å². The van der Waals surface area contributed by atoms with Gasteiger partial charge in [0.15, 0.2) is 14.8 Å². The molecule has 0 bridgehead atoms. The van der Waals surface area contributed by atoms with Crippen LogP contribution in [-0.4, -0.2) is 30.9 Å². The number of hydrogen-bond donors (Lipinski definition) is 0. The van der Waals surface area contributed by atoms with Crippen LogP contribution in [0.15, 0.2) is 95.4 Å². The Balaban J connectivity index is 0.000000621. The van der Waals surface area contributed by atoms with Crippen molar-refractivity contribution in [3.05, 3.63) is 120 Å². The van der Waals surface area contributed by atoms with E-state index >= 15 is 0 Å². The molecule has 0 nitrogen and oxygen atoms in total. The number of benzene rings is 2. The molecule has 2 aliphatic rings. The monoisotopic (exact) mass is 786 g/mol. The van der Waals surface area contributed by atoms with E-state index in [1.165, 1.54) is 36.1 Å². The van der Waals surface area contributed by atoms with E-state index < -0.39 is 30.9 Å². The zero-order valence-electron chi connectivity index (χ0n) is 29.7.